The van der Waals surface area contributed by atoms with Gasteiger partial charge in [-0.15, -0.1) is 0 Å². The van der Waals surface area contributed by atoms with Crippen molar-refractivity contribution in [3.63, 3.8) is 0 Å². The van der Waals surface area contributed by atoms with Crippen LogP contribution in [0.25, 0.3) is 0 Å². The van der Waals surface area contributed by atoms with Crippen molar-refractivity contribution in [2.24, 2.45) is 0 Å². The first-order valence-corrected chi connectivity index (χ1v) is 10.8. The fraction of sp³-hybridized carbons (Fsp3) is 0.611. The third-order valence-electron chi connectivity index (χ3n) is 4.46. The van der Waals surface area contributed by atoms with E-state index in [1.165, 1.54) is 0 Å². The van der Waals surface area contributed by atoms with Crippen LogP contribution in [-0.2, 0) is 4.79 Å². The number of ether oxygens (including phenoxy) is 1. The van der Waals surface area contributed by atoms with Crippen LogP contribution in [0.3, 0.4) is 0 Å². The average molecular weight is 357 g/mol. The molecule has 0 saturated heterocycles. The van der Waals surface area contributed by atoms with Gasteiger partial charge in [0.1, 0.15) is 11.5 Å². The van der Waals surface area contributed by atoms with E-state index in [0.29, 0.717) is 22.4 Å². The van der Waals surface area contributed by atoms with Gasteiger partial charge in [0.05, 0.1) is 0 Å². The number of hydrogen-bond donors (Lipinski definition) is 0. The average Bonchev–Trinajstić information content (AvgIpc) is 2.45. The lowest BCUT2D eigenvalue weighted by atomic mass is 10.3. The largest absolute Gasteiger partial charge is 0.543 e. The van der Waals surface area contributed by atoms with Crippen LogP contribution in [-0.4, -0.2) is 19.7 Å². The summed E-state index contributed by atoms with van der Waals surface area (Å²) in [5, 5.41) is -0.504. The van der Waals surface area contributed by atoms with Crippen molar-refractivity contribution in [2.45, 2.75) is 71.2 Å². The van der Waals surface area contributed by atoms with Gasteiger partial charge in [0.25, 0.3) is 13.6 Å². The van der Waals surface area contributed by atoms with Gasteiger partial charge >= 0.3 is 0 Å². The maximum Gasteiger partial charge on any atom is 0.262 e. The molecule has 0 N–H and O–H groups in total. The molecule has 0 spiro atoms. The normalized spacial score (nSPS) is 13.5. The summed E-state index contributed by atoms with van der Waals surface area (Å²) in [5.41, 5.74) is 1.56. The molecule has 0 saturated carbocycles. The van der Waals surface area contributed by atoms with Gasteiger partial charge in [-0.05, 0) is 59.4 Å². The molecule has 1 atom stereocenters. The van der Waals surface area contributed by atoms with Gasteiger partial charge in [0, 0.05) is 0 Å². The second-order valence-corrected chi connectivity index (χ2v) is 12.7. The van der Waals surface area contributed by atoms with Gasteiger partial charge in [-0.2, -0.15) is 0 Å². The highest BCUT2D eigenvalue weighted by atomic mass is 35.5. The summed E-state index contributed by atoms with van der Waals surface area (Å²) in [4.78, 5) is 11.0. The number of rotatable bonds is 8. The Hall–Kier alpha value is -1.00. The Morgan fingerprint density at radius 2 is 1.26 bits per heavy atom. The topological polar surface area (TPSA) is 35.5 Å². The predicted octanol–water partition coefficient (Wildman–Crippen LogP) is 5.77. The zero-order chi connectivity index (χ0) is 17.8. The molecule has 5 heteroatoms. The summed E-state index contributed by atoms with van der Waals surface area (Å²) < 4.78 is 12.1. The summed E-state index contributed by atoms with van der Waals surface area (Å²) >= 11 is 5.42. The van der Waals surface area contributed by atoms with E-state index >= 15 is 0 Å². The number of benzene rings is 1. The molecule has 1 aromatic carbocycles. The number of carbonyl (C=O) groups is 1. The molecule has 0 aliphatic heterocycles. The molecule has 0 aromatic heterocycles. The summed E-state index contributed by atoms with van der Waals surface area (Å²) in [5.74, 6) is 1.48. The molecular formula is C18H29ClO3Si. The molecule has 0 aliphatic carbocycles. The summed E-state index contributed by atoms with van der Waals surface area (Å²) in [6.07, 6.45) is -0.654. The summed E-state index contributed by atoms with van der Waals surface area (Å²) in [7, 11) is -1.95. The van der Waals surface area contributed by atoms with Crippen LogP contribution in [0, 0.1) is 0 Å². The Balaban J connectivity index is 2.97. The van der Waals surface area contributed by atoms with Crippen molar-refractivity contribution in [3.8, 4) is 11.5 Å². The lowest BCUT2D eigenvalue weighted by Crippen LogP contribution is -2.50. The second kappa shape index (κ2) is 8.20. The van der Waals surface area contributed by atoms with E-state index in [1.807, 2.05) is 24.3 Å². The van der Waals surface area contributed by atoms with Crippen LogP contribution in [0.4, 0.5) is 0 Å². The molecule has 130 valence electrons. The van der Waals surface area contributed by atoms with Crippen molar-refractivity contribution in [3.05, 3.63) is 24.3 Å². The Morgan fingerprint density at radius 3 is 1.61 bits per heavy atom. The highest BCUT2D eigenvalue weighted by Gasteiger charge is 2.46. The summed E-state index contributed by atoms with van der Waals surface area (Å²) in [6.45, 7) is 15.2. The molecule has 0 radical (unpaired) electrons. The molecule has 23 heavy (non-hydrogen) atoms. The van der Waals surface area contributed by atoms with E-state index in [9.17, 15) is 4.79 Å². The molecule has 1 aromatic rings. The molecule has 1 unspecified atom stereocenters. The van der Waals surface area contributed by atoms with E-state index in [2.05, 4.69) is 41.5 Å². The molecule has 0 bridgehead atoms. The number of carbonyl (C=O) groups excluding carboxylic acids is 1. The fourth-order valence-corrected chi connectivity index (χ4v) is 8.69. The van der Waals surface area contributed by atoms with Crippen LogP contribution < -0.4 is 9.16 Å². The lowest BCUT2D eigenvalue weighted by Gasteiger charge is -2.42. The van der Waals surface area contributed by atoms with Crippen LogP contribution in [0.1, 0.15) is 48.5 Å². The highest BCUT2D eigenvalue weighted by Crippen LogP contribution is 2.42. The number of hydrogen-bond acceptors (Lipinski definition) is 3. The SMILES string of the molecule is CC(Oc1ccc(O[Si](C(C)C)(C(C)C)C(C)C)cc1)C(=O)Cl. The van der Waals surface area contributed by atoms with Gasteiger partial charge in [0.15, 0.2) is 6.10 Å². The second-order valence-electron chi connectivity index (χ2n) is 6.96. The minimum Gasteiger partial charge on any atom is -0.543 e. The Morgan fingerprint density at radius 1 is 0.870 bits per heavy atom. The van der Waals surface area contributed by atoms with Crippen LogP contribution in [0.2, 0.25) is 16.6 Å². The zero-order valence-electron chi connectivity index (χ0n) is 15.2. The van der Waals surface area contributed by atoms with Crippen LogP contribution in [0.5, 0.6) is 11.5 Å². The van der Waals surface area contributed by atoms with Gasteiger partial charge in [-0.25, -0.2) is 0 Å². The molecule has 0 fully saturated rings. The first-order chi connectivity index (χ1) is 10.6. The maximum absolute atomic E-state index is 11.0. The number of halogens is 1. The summed E-state index contributed by atoms with van der Waals surface area (Å²) in [6, 6.07) is 7.48. The first-order valence-electron chi connectivity index (χ1n) is 8.26. The van der Waals surface area contributed by atoms with Crippen molar-refractivity contribution >= 4 is 25.2 Å². The molecule has 1 rings (SSSR count). The van der Waals surface area contributed by atoms with E-state index in [1.54, 1.807) is 6.92 Å². The minimum atomic E-state index is -1.95. The smallest absolute Gasteiger partial charge is 0.262 e. The Bertz CT molecular complexity index is 490. The van der Waals surface area contributed by atoms with E-state index in [-0.39, 0.29) is 0 Å². The zero-order valence-corrected chi connectivity index (χ0v) is 17.0. The predicted molar refractivity (Wildman–Crippen MR) is 99.1 cm³/mol. The van der Waals surface area contributed by atoms with Gasteiger partial charge in [-0.3, -0.25) is 4.79 Å². The van der Waals surface area contributed by atoms with Gasteiger partial charge in [0.2, 0.25) is 0 Å². The Kier molecular flexibility index (Phi) is 7.15. The third kappa shape index (κ3) is 4.74. The molecular weight excluding hydrogens is 328 g/mol. The van der Waals surface area contributed by atoms with E-state index < -0.39 is 19.7 Å². The quantitative estimate of drug-likeness (QED) is 0.438. The van der Waals surface area contributed by atoms with Crippen molar-refractivity contribution < 1.29 is 14.0 Å². The Labute approximate surface area is 146 Å². The fourth-order valence-electron chi connectivity index (χ4n) is 3.39. The highest BCUT2D eigenvalue weighted by molar-refractivity contribution is 6.78. The molecule has 0 heterocycles. The lowest BCUT2D eigenvalue weighted by molar-refractivity contribution is -0.117. The monoisotopic (exact) mass is 356 g/mol. The standard InChI is InChI=1S/C18H29ClO3Si/c1-12(2)23(13(3)4,14(5)6)22-17-10-8-16(9-11-17)21-15(7)18(19)20/h8-15H,1-7H3. The maximum atomic E-state index is 11.0. The first kappa shape index (κ1) is 20.0. The van der Waals surface area contributed by atoms with Crippen LogP contribution >= 0.6 is 11.6 Å². The van der Waals surface area contributed by atoms with Gasteiger partial charge < -0.3 is 9.16 Å². The minimum absolute atomic E-state index is 0.504. The van der Waals surface area contributed by atoms with Crippen molar-refractivity contribution in [1.29, 1.82) is 0 Å². The van der Waals surface area contributed by atoms with Crippen molar-refractivity contribution in [2.75, 3.05) is 0 Å². The molecule has 0 amide bonds. The van der Waals surface area contributed by atoms with E-state index in [4.69, 9.17) is 20.8 Å². The molecule has 0 aliphatic rings. The van der Waals surface area contributed by atoms with Crippen molar-refractivity contribution in [1.82, 2.24) is 0 Å². The molecule has 3 nitrogen and oxygen atoms in total. The van der Waals surface area contributed by atoms with E-state index in [0.717, 1.165) is 5.75 Å². The third-order valence-corrected chi connectivity index (χ3v) is 10.8. The van der Waals surface area contributed by atoms with Crippen LogP contribution in [0.15, 0.2) is 24.3 Å². The van der Waals surface area contributed by atoms with Gasteiger partial charge in [-0.1, -0.05) is 41.5 Å².